The Kier molecular flexibility index (Phi) is 5.37. The third-order valence-electron chi connectivity index (χ3n) is 5.13. The number of aromatic carboxylic acids is 1. The van der Waals surface area contributed by atoms with Crippen LogP contribution in [0, 0.1) is 5.92 Å². The molecule has 1 aliphatic heterocycles. The molecular formula is C21H25NO3. The van der Waals surface area contributed by atoms with E-state index in [0.717, 1.165) is 24.3 Å². The number of allylic oxidation sites excluding steroid dienone is 3. The average molecular weight is 339 g/mol. The summed E-state index contributed by atoms with van der Waals surface area (Å²) in [6.07, 6.45) is 11.3. The molecule has 1 heterocycles. The topological polar surface area (TPSA) is 57.6 Å². The van der Waals surface area contributed by atoms with Crippen LogP contribution in [0.4, 0.5) is 0 Å². The largest absolute Gasteiger partial charge is 0.478 e. The van der Waals surface area contributed by atoms with Gasteiger partial charge in [0.25, 0.3) is 0 Å². The molecule has 0 radical (unpaired) electrons. The van der Waals surface area contributed by atoms with Crippen LogP contribution in [0.5, 0.6) is 0 Å². The third-order valence-corrected chi connectivity index (χ3v) is 5.13. The van der Waals surface area contributed by atoms with Crippen LogP contribution in [0.1, 0.15) is 48.5 Å². The molecule has 0 bridgehead atoms. The van der Waals surface area contributed by atoms with Gasteiger partial charge in [-0.15, -0.1) is 0 Å². The predicted octanol–water partition coefficient (Wildman–Crippen LogP) is 3.83. The van der Waals surface area contributed by atoms with Gasteiger partial charge < -0.3 is 10.0 Å². The molecule has 1 saturated carbocycles. The number of likely N-dealkylation sites (tertiary alicyclic amines) is 1. The van der Waals surface area contributed by atoms with Crippen LogP contribution in [-0.2, 0) is 11.2 Å². The number of hydrogen-bond acceptors (Lipinski definition) is 2. The number of nitrogens with zero attached hydrogens (tertiary/aromatic N) is 1. The molecule has 1 atom stereocenters. The van der Waals surface area contributed by atoms with Crippen molar-refractivity contribution in [1.82, 2.24) is 4.90 Å². The predicted molar refractivity (Wildman–Crippen MR) is 97.5 cm³/mol. The highest BCUT2D eigenvalue weighted by Crippen LogP contribution is 2.36. The Morgan fingerprint density at radius 1 is 1.24 bits per heavy atom. The number of rotatable bonds is 7. The molecule has 1 amide bonds. The van der Waals surface area contributed by atoms with Crippen LogP contribution in [0.2, 0.25) is 0 Å². The van der Waals surface area contributed by atoms with E-state index in [-0.39, 0.29) is 11.9 Å². The van der Waals surface area contributed by atoms with Crippen LogP contribution in [-0.4, -0.2) is 34.5 Å². The molecule has 132 valence electrons. The molecule has 4 nitrogen and oxygen atoms in total. The molecule has 25 heavy (non-hydrogen) atoms. The van der Waals surface area contributed by atoms with Gasteiger partial charge in [0, 0.05) is 13.0 Å². The van der Waals surface area contributed by atoms with Gasteiger partial charge >= 0.3 is 5.97 Å². The van der Waals surface area contributed by atoms with Crippen molar-refractivity contribution in [3.8, 4) is 0 Å². The first-order valence-electron chi connectivity index (χ1n) is 9.01. The molecule has 2 aliphatic rings. The summed E-state index contributed by atoms with van der Waals surface area (Å²) in [4.78, 5) is 25.0. The van der Waals surface area contributed by atoms with E-state index in [1.807, 2.05) is 17.0 Å². The van der Waals surface area contributed by atoms with Crippen molar-refractivity contribution in [1.29, 1.82) is 0 Å². The highest BCUT2D eigenvalue weighted by molar-refractivity contribution is 5.87. The molecular weight excluding hydrogens is 314 g/mol. The molecule has 1 N–H and O–H groups in total. The van der Waals surface area contributed by atoms with Gasteiger partial charge in [0.15, 0.2) is 0 Å². The van der Waals surface area contributed by atoms with E-state index in [1.54, 1.807) is 12.1 Å². The summed E-state index contributed by atoms with van der Waals surface area (Å²) in [6, 6.07) is 7.07. The SMILES string of the molecule is C/C(=C\C=C/C1CCC(=O)N1CCc1ccc(C(=O)O)cc1)C1CC1. The maximum atomic E-state index is 12.2. The first-order chi connectivity index (χ1) is 12.0. The van der Waals surface area contributed by atoms with E-state index in [9.17, 15) is 9.59 Å². The summed E-state index contributed by atoms with van der Waals surface area (Å²) in [5.74, 6) is 0.0699. The second-order valence-corrected chi connectivity index (χ2v) is 7.02. The van der Waals surface area contributed by atoms with Gasteiger partial charge in [0.1, 0.15) is 0 Å². The summed E-state index contributed by atoms with van der Waals surface area (Å²) >= 11 is 0. The molecule has 1 aromatic rings. The summed E-state index contributed by atoms with van der Waals surface area (Å²) in [6.45, 7) is 2.85. The Labute approximate surface area is 148 Å². The fraction of sp³-hybridized carbons (Fsp3) is 0.429. The van der Waals surface area contributed by atoms with Crippen molar-refractivity contribution >= 4 is 11.9 Å². The summed E-state index contributed by atoms with van der Waals surface area (Å²) in [5, 5.41) is 8.94. The van der Waals surface area contributed by atoms with Crippen molar-refractivity contribution in [2.75, 3.05) is 6.54 Å². The van der Waals surface area contributed by atoms with Crippen LogP contribution in [0.15, 0.2) is 48.1 Å². The highest BCUT2D eigenvalue weighted by Gasteiger charge is 2.28. The zero-order chi connectivity index (χ0) is 17.8. The highest BCUT2D eigenvalue weighted by atomic mass is 16.4. The quantitative estimate of drug-likeness (QED) is 0.768. The fourth-order valence-electron chi connectivity index (χ4n) is 3.32. The van der Waals surface area contributed by atoms with Gasteiger partial charge in [0.2, 0.25) is 5.91 Å². The minimum absolute atomic E-state index is 0.175. The summed E-state index contributed by atoms with van der Waals surface area (Å²) in [7, 11) is 0. The van der Waals surface area contributed by atoms with E-state index in [1.165, 1.54) is 18.4 Å². The third kappa shape index (κ3) is 4.59. The number of hydrogen-bond donors (Lipinski definition) is 1. The maximum absolute atomic E-state index is 12.2. The number of carbonyl (C=O) groups is 2. The number of benzene rings is 1. The number of amides is 1. The molecule has 1 aliphatic carbocycles. The van der Waals surface area contributed by atoms with Crippen LogP contribution < -0.4 is 0 Å². The van der Waals surface area contributed by atoms with Crippen molar-refractivity contribution in [3.05, 3.63) is 59.2 Å². The van der Waals surface area contributed by atoms with Crippen molar-refractivity contribution < 1.29 is 14.7 Å². The van der Waals surface area contributed by atoms with Crippen LogP contribution >= 0.6 is 0 Å². The normalized spacial score (nSPS) is 21.3. The Balaban J connectivity index is 1.57. The zero-order valence-electron chi connectivity index (χ0n) is 14.6. The van der Waals surface area contributed by atoms with Crippen molar-refractivity contribution in [2.24, 2.45) is 5.92 Å². The van der Waals surface area contributed by atoms with E-state index in [0.29, 0.717) is 18.5 Å². The molecule has 3 rings (SSSR count). The molecule has 1 aromatic carbocycles. The van der Waals surface area contributed by atoms with Gasteiger partial charge in [0.05, 0.1) is 11.6 Å². The molecule has 2 fully saturated rings. The molecule has 0 spiro atoms. The van der Waals surface area contributed by atoms with E-state index in [2.05, 4.69) is 25.2 Å². The van der Waals surface area contributed by atoms with Crippen LogP contribution in [0.25, 0.3) is 0 Å². The van der Waals surface area contributed by atoms with Gasteiger partial charge in [-0.3, -0.25) is 4.79 Å². The minimum atomic E-state index is -0.916. The van der Waals surface area contributed by atoms with Crippen LogP contribution in [0.3, 0.4) is 0 Å². The second-order valence-electron chi connectivity index (χ2n) is 7.02. The van der Waals surface area contributed by atoms with Gasteiger partial charge in [-0.1, -0.05) is 35.9 Å². The Morgan fingerprint density at radius 3 is 2.60 bits per heavy atom. The Hall–Kier alpha value is -2.36. The molecule has 1 unspecified atom stereocenters. The molecule has 1 saturated heterocycles. The fourth-order valence-corrected chi connectivity index (χ4v) is 3.32. The minimum Gasteiger partial charge on any atom is -0.478 e. The summed E-state index contributed by atoms with van der Waals surface area (Å²) in [5.41, 5.74) is 2.78. The lowest BCUT2D eigenvalue weighted by Crippen LogP contribution is -2.33. The Morgan fingerprint density at radius 2 is 1.96 bits per heavy atom. The average Bonchev–Trinajstić information content (AvgIpc) is 3.39. The molecule has 0 aromatic heterocycles. The first-order valence-corrected chi connectivity index (χ1v) is 9.01. The van der Waals surface area contributed by atoms with Gasteiger partial charge in [-0.05, 0) is 56.2 Å². The smallest absolute Gasteiger partial charge is 0.335 e. The first kappa shape index (κ1) is 17.5. The van der Waals surface area contributed by atoms with Gasteiger partial charge in [-0.25, -0.2) is 4.79 Å². The standard InChI is InChI=1S/C21H25NO3/c1-15(17-9-10-17)3-2-4-19-11-12-20(23)22(19)14-13-16-5-7-18(8-6-16)21(24)25/h2-8,17,19H,9-14H2,1H3,(H,24,25)/b4-2-,15-3+. The lowest BCUT2D eigenvalue weighted by molar-refractivity contribution is -0.128. The molecule has 4 heteroatoms. The van der Waals surface area contributed by atoms with Gasteiger partial charge in [-0.2, -0.15) is 0 Å². The second kappa shape index (κ2) is 7.68. The van der Waals surface area contributed by atoms with Crippen molar-refractivity contribution in [3.63, 3.8) is 0 Å². The van der Waals surface area contributed by atoms with Crippen molar-refractivity contribution in [2.45, 2.75) is 45.1 Å². The van der Waals surface area contributed by atoms with E-state index >= 15 is 0 Å². The lowest BCUT2D eigenvalue weighted by Gasteiger charge is -2.22. The number of carboxylic acid groups (broad SMARTS) is 1. The Bertz CT molecular complexity index is 698. The van der Waals surface area contributed by atoms with E-state index < -0.39 is 5.97 Å². The van der Waals surface area contributed by atoms with E-state index in [4.69, 9.17) is 5.11 Å². The number of carbonyl (C=O) groups excluding carboxylic acids is 1. The summed E-state index contributed by atoms with van der Waals surface area (Å²) < 4.78 is 0. The lowest BCUT2D eigenvalue weighted by atomic mass is 10.1. The number of carboxylic acids is 1. The monoisotopic (exact) mass is 339 g/mol. The maximum Gasteiger partial charge on any atom is 0.335 e. The zero-order valence-corrected chi connectivity index (χ0v) is 14.6.